The van der Waals surface area contributed by atoms with E-state index in [2.05, 4.69) is 20.9 Å². The van der Waals surface area contributed by atoms with Crippen LogP contribution in [-0.2, 0) is 0 Å². The van der Waals surface area contributed by atoms with Gasteiger partial charge in [0, 0.05) is 38.3 Å². The van der Waals surface area contributed by atoms with E-state index in [0.29, 0.717) is 24.0 Å². The summed E-state index contributed by atoms with van der Waals surface area (Å²) in [5.41, 5.74) is 1.22. The Bertz CT molecular complexity index is 947. The van der Waals surface area contributed by atoms with Crippen LogP contribution in [0, 0.1) is 11.3 Å². The van der Waals surface area contributed by atoms with Crippen LogP contribution < -0.4 is 4.90 Å². The Kier molecular flexibility index (Phi) is 4.57. The zero-order valence-corrected chi connectivity index (χ0v) is 14.4. The van der Waals surface area contributed by atoms with E-state index in [1.54, 1.807) is 0 Å². The molecule has 1 aliphatic rings. The number of oxazole rings is 1. The monoisotopic (exact) mass is 348 g/mol. The molecule has 0 atom stereocenters. The van der Waals surface area contributed by atoms with Crippen molar-refractivity contribution in [3.05, 3.63) is 48.2 Å². The summed E-state index contributed by atoms with van der Waals surface area (Å²) in [6.45, 7) is 4.00. The van der Waals surface area contributed by atoms with Gasteiger partial charge in [-0.15, -0.1) is 0 Å². The number of hydrogen-bond donors (Lipinski definition) is 1. The second-order valence-corrected chi connectivity index (χ2v) is 6.36. The highest BCUT2D eigenvalue weighted by Gasteiger charge is 2.24. The third-order valence-electron chi connectivity index (χ3n) is 4.81. The van der Waals surface area contributed by atoms with E-state index < -0.39 is 0 Å². The Morgan fingerprint density at radius 2 is 1.85 bits per heavy atom. The zero-order chi connectivity index (χ0) is 17.9. The van der Waals surface area contributed by atoms with Crippen molar-refractivity contribution in [2.45, 2.75) is 0 Å². The van der Waals surface area contributed by atoms with E-state index in [4.69, 9.17) is 9.52 Å². The number of aliphatic hydroxyl groups is 1. The number of nitrogens with zero attached hydrogens (tertiary/aromatic N) is 4. The molecule has 0 aliphatic carbocycles. The lowest BCUT2D eigenvalue weighted by atomic mass is 10.0. The molecule has 26 heavy (non-hydrogen) atoms. The zero-order valence-electron chi connectivity index (χ0n) is 14.4. The fourth-order valence-electron chi connectivity index (χ4n) is 3.44. The van der Waals surface area contributed by atoms with Crippen molar-refractivity contribution in [3.63, 3.8) is 0 Å². The number of benzene rings is 2. The van der Waals surface area contributed by atoms with Gasteiger partial charge in [-0.05, 0) is 16.8 Å². The summed E-state index contributed by atoms with van der Waals surface area (Å²) in [6.07, 6.45) is 0. The van der Waals surface area contributed by atoms with Gasteiger partial charge in [0.15, 0.2) is 0 Å². The lowest BCUT2D eigenvalue weighted by Crippen LogP contribution is -2.47. The Balaban J connectivity index is 1.67. The van der Waals surface area contributed by atoms with Gasteiger partial charge < -0.3 is 14.4 Å². The molecule has 1 aliphatic heterocycles. The molecule has 1 fully saturated rings. The minimum Gasteiger partial charge on any atom is -0.419 e. The van der Waals surface area contributed by atoms with Crippen molar-refractivity contribution in [2.75, 3.05) is 44.2 Å². The van der Waals surface area contributed by atoms with E-state index >= 15 is 0 Å². The second-order valence-electron chi connectivity index (χ2n) is 6.36. The number of aromatic nitrogens is 1. The summed E-state index contributed by atoms with van der Waals surface area (Å²) in [5.74, 6) is 1.02. The molecule has 0 unspecified atom stereocenters. The average molecular weight is 348 g/mol. The van der Waals surface area contributed by atoms with Gasteiger partial charge in [-0.1, -0.05) is 36.4 Å². The van der Waals surface area contributed by atoms with Gasteiger partial charge in [0.1, 0.15) is 6.07 Å². The molecule has 1 saturated heterocycles. The highest BCUT2D eigenvalue weighted by Crippen LogP contribution is 2.32. The van der Waals surface area contributed by atoms with Crippen LogP contribution in [0.2, 0.25) is 0 Å². The minimum absolute atomic E-state index is 0.164. The molecular weight excluding hydrogens is 328 g/mol. The lowest BCUT2D eigenvalue weighted by molar-refractivity contribution is 0.187. The van der Waals surface area contributed by atoms with Crippen LogP contribution in [0.25, 0.3) is 22.2 Å². The second kappa shape index (κ2) is 7.16. The van der Waals surface area contributed by atoms with Crippen molar-refractivity contribution in [1.29, 1.82) is 5.26 Å². The molecule has 0 bridgehead atoms. The van der Waals surface area contributed by atoms with E-state index in [0.717, 1.165) is 42.5 Å². The standard InChI is InChI=1S/C20H20N4O2/c21-14-18-20(24-10-8-23(9-11-24)12-13-25)26-19(22-18)17-7-3-5-15-4-1-2-6-16(15)17/h1-7,25H,8-13H2. The predicted octanol–water partition coefficient (Wildman–Crippen LogP) is 2.48. The van der Waals surface area contributed by atoms with Gasteiger partial charge in [0.05, 0.1) is 6.61 Å². The number of aliphatic hydroxyl groups excluding tert-OH is 1. The molecule has 0 amide bonds. The van der Waals surface area contributed by atoms with Crippen LogP contribution in [-0.4, -0.2) is 54.3 Å². The number of piperazine rings is 1. The van der Waals surface area contributed by atoms with Gasteiger partial charge in [0.2, 0.25) is 17.5 Å². The molecule has 2 heterocycles. The summed E-state index contributed by atoms with van der Waals surface area (Å²) in [4.78, 5) is 8.72. The largest absolute Gasteiger partial charge is 0.419 e. The maximum absolute atomic E-state index is 9.52. The van der Waals surface area contributed by atoms with Crippen LogP contribution in [0.15, 0.2) is 46.9 Å². The topological polar surface area (TPSA) is 76.5 Å². The molecule has 6 nitrogen and oxygen atoms in total. The summed E-state index contributed by atoms with van der Waals surface area (Å²) in [6, 6.07) is 16.2. The van der Waals surface area contributed by atoms with Crippen LogP contribution in [0.1, 0.15) is 5.69 Å². The Morgan fingerprint density at radius 3 is 2.62 bits per heavy atom. The first kappa shape index (κ1) is 16.6. The summed E-state index contributed by atoms with van der Waals surface area (Å²) >= 11 is 0. The van der Waals surface area contributed by atoms with Gasteiger partial charge in [0.25, 0.3) is 0 Å². The van der Waals surface area contributed by atoms with Crippen LogP contribution in [0.3, 0.4) is 0 Å². The molecule has 0 radical (unpaired) electrons. The highest BCUT2D eigenvalue weighted by molar-refractivity contribution is 5.94. The number of nitriles is 1. The molecule has 2 aromatic carbocycles. The van der Waals surface area contributed by atoms with Crippen molar-refractivity contribution < 1.29 is 9.52 Å². The molecule has 4 rings (SSSR count). The Hall–Kier alpha value is -2.88. The van der Waals surface area contributed by atoms with E-state index in [-0.39, 0.29) is 6.61 Å². The predicted molar refractivity (Wildman–Crippen MR) is 99.9 cm³/mol. The maximum atomic E-state index is 9.52. The van der Waals surface area contributed by atoms with Crippen molar-refractivity contribution >= 4 is 16.7 Å². The van der Waals surface area contributed by atoms with Gasteiger partial charge in [-0.3, -0.25) is 4.90 Å². The smallest absolute Gasteiger partial charge is 0.235 e. The van der Waals surface area contributed by atoms with Gasteiger partial charge in [-0.25, -0.2) is 0 Å². The molecule has 0 saturated carbocycles. The lowest BCUT2D eigenvalue weighted by Gasteiger charge is -2.34. The van der Waals surface area contributed by atoms with Gasteiger partial charge in [-0.2, -0.15) is 10.2 Å². The third-order valence-corrected chi connectivity index (χ3v) is 4.81. The molecule has 132 valence electrons. The fraction of sp³-hybridized carbons (Fsp3) is 0.300. The first-order chi connectivity index (χ1) is 12.8. The Morgan fingerprint density at radius 1 is 1.08 bits per heavy atom. The molecule has 3 aromatic rings. The third kappa shape index (κ3) is 3.03. The minimum atomic E-state index is 0.164. The molecule has 1 N–H and O–H groups in total. The van der Waals surface area contributed by atoms with Crippen LogP contribution in [0.5, 0.6) is 0 Å². The van der Waals surface area contributed by atoms with E-state index in [9.17, 15) is 5.26 Å². The van der Waals surface area contributed by atoms with E-state index in [1.165, 1.54) is 0 Å². The maximum Gasteiger partial charge on any atom is 0.235 e. The first-order valence-electron chi connectivity index (χ1n) is 8.77. The number of fused-ring (bicyclic) bond motifs is 1. The summed E-state index contributed by atoms with van der Waals surface area (Å²) in [5, 5.41) is 20.8. The molecular formula is C20H20N4O2. The summed E-state index contributed by atoms with van der Waals surface area (Å²) < 4.78 is 6.06. The molecule has 6 heteroatoms. The van der Waals surface area contributed by atoms with Gasteiger partial charge >= 0.3 is 0 Å². The number of β-amino-alcohol motifs (C(OH)–C–C–N with tert-alkyl or cyclic N) is 1. The Labute approximate surface area is 151 Å². The van der Waals surface area contributed by atoms with Crippen LogP contribution in [0.4, 0.5) is 5.88 Å². The number of rotatable bonds is 4. The fourth-order valence-corrected chi connectivity index (χ4v) is 3.44. The highest BCUT2D eigenvalue weighted by atomic mass is 16.4. The molecule has 1 aromatic heterocycles. The quantitative estimate of drug-likeness (QED) is 0.781. The SMILES string of the molecule is N#Cc1nc(-c2cccc3ccccc23)oc1N1CCN(CCO)CC1. The normalized spacial score (nSPS) is 15.3. The molecule has 0 spiro atoms. The van der Waals surface area contributed by atoms with Crippen molar-refractivity contribution in [1.82, 2.24) is 9.88 Å². The van der Waals surface area contributed by atoms with Crippen molar-refractivity contribution in [3.8, 4) is 17.5 Å². The number of anilines is 1. The van der Waals surface area contributed by atoms with E-state index in [1.807, 2.05) is 42.5 Å². The number of hydrogen-bond acceptors (Lipinski definition) is 6. The average Bonchev–Trinajstić information content (AvgIpc) is 3.12. The first-order valence-corrected chi connectivity index (χ1v) is 8.77. The summed E-state index contributed by atoms with van der Waals surface area (Å²) in [7, 11) is 0. The van der Waals surface area contributed by atoms with Crippen molar-refractivity contribution in [2.24, 2.45) is 0 Å². The van der Waals surface area contributed by atoms with Crippen LogP contribution >= 0.6 is 0 Å².